The van der Waals surface area contributed by atoms with Crippen LogP contribution in [0.4, 0.5) is 0 Å². The van der Waals surface area contributed by atoms with E-state index in [0.29, 0.717) is 19.6 Å². The fourth-order valence-electron chi connectivity index (χ4n) is 3.56. The molecule has 3 rings (SSSR count). The Balaban J connectivity index is 1.83. The minimum absolute atomic E-state index is 0.0132. The maximum atomic E-state index is 13.2. The number of ether oxygens (including phenoxy) is 2. The predicted molar refractivity (Wildman–Crippen MR) is 106 cm³/mol. The maximum Gasteiger partial charge on any atom is 0.227 e. The van der Waals surface area contributed by atoms with Crippen LogP contribution < -0.4 is 9.47 Å². The van der Waals surface area contributed by atoms with Gasteiger partial charge in [0.05, 0.1) is 19.6 Å². The number of likely N-dealkylation sites (N-methyl/N-ethyl adjacent to an activating group) is 1. The van der Waals surface area contributed by atoms with Crippen LogP contribution in [-0.2, 0) is 17.8 Å². The normalized spacial score (nSPS) is 16.5. The van der Waals surface area contributed by atoms with E-state index in [2.05, 4.69) is 4.90 Å². The van der Waals surface area contributed by atoms with Crippen molar-refractivity contribution in [3.8, 4) is 11.5 Å². The molecular weight excluding hydrogens is 340 g/mol. The molecule has 0 saturated carbocycles. The van der Waals surface area contributed by atoms with E-state index in [4.69, 9.17) is 9.47 Å². The zero-order valence-corrected chi connectivity index (χ0v) is 16.6. The third kappa shape index (κ3) is 4.61. The average molecular weight is 368 g/mol. The van der Waals surface area contributed by atoms with Crippen molar-refractivity contribution >= 4 is 5.91 Å². The molecule has 0 spiro atoms. The minimum Gasteiger partial charge on any atom is -0.496 e. The van der Waals surface area contributed by atoms with E-state index in [1.54, 1.807) is 7.11 Å². The number of amides is 1. The number of para-hydroxylation sites is 1. The van der Waals surface area contributed by atoms with Crippen molar-refractivity contribution in [2.75, 3.05) is 34.4 Å². The fourth-order valence-corrected chi connectivity index (χ4v) is 3.56. The van der Waals surface area contributed by atoms with Gasteiger partial charge in [0.15, 0.2) is 0 Å². The quantitative estimate of drug-likeness (QED) is 0.814. The van der Waals surface area contributed by atoms with E-state index in [9.17, 15) is 4.79 Å². The molecule has 1 heterocycles. The van der Waals surface area contributed by atoms with Gasteiger partial charge in [0, 0.05) is 18.7 Å². The van der Waals surface area contributed by atoms with E-state index in [0.717, 1.165) is 34.7 Å². The number of fused-ring (bicyclic) bond motifs is 1. The second-order valence-electron chi connectivity index (χ2n) is 7.34. The number of hydrogen-bond donors (Lipinski definition) is 0. The molecule has 1 atom stereocenters. The molecule has 2 aromatic carbocycles. The topological polar surface area (TPSA) is 42.0 Å². The zero-order chi connectivity index (χ0) is 19.4. The summed E-state index contributed by atoms with van der Waals surface area (Å²) in [5.41, 5.74) is 3.09. The van der Waals surface area contributed by atoms with Crippen LogP contribution in [0.1, 0.15) is 16.7 Å². The number of rotatable bonds is 5. The van der Waals surface area contributed by atoms with Gasteiger partial charge in [-0.15, -0.1) is 0 Å². The first kappa shape index (κ1) is 19.2. The Morgan fingerprint density at radius 3 is 2.74 bits per heavy atom. The van der Waals surface area contributed by atoms with E-state index in [1.807, 2.05) is 68.4 Å². The van der Waals surface area contributed by atoms with Gasteiger partial charge < -0.3 is 19.3 Å². The third-order valence-corrected chi connectivity index (χ3v) is 4.90. The van der Waals surface area contributed by atoms with Crippen molar-refractivity contribution in [3.63, 3.8) is 0 Å². The molecule has 5 heteroatoms. The first-order valence-electron chi connectivity index (χ1n) is 9.26. The Labute approximate surface area is 161 Å². The molecule has 0 unspecified atom stereocenters. The van der Waals surface area contributed by atoms with Crippen LogP contribution in [0.5, 0.6) is 11.5 Å². The fraction of sp³-hybridized carbons (Fsp3) is 0.409. The lowest BCUT2D eigenvalue weighted by atomic mass is 10.1. The average Bonchev–Trinajstić information content (AvgIpc) is 2.81. The molecule has 5 nitrogen and oxygen atoms in total. The molecule has 2 aromatic rings. The van der Waals surface area contributed by atoms with Gasteiger partial charge in [-0.1, -0.05) is 30.3 Å². The first-order valence-corrected chi connectivity index (χ1v) is 9.26. The molecule has 0 aromatic heterocycles. The van der Waals surface area contributed by atoms with Gasteiger partial charge in [-0.05, 0) is 44.3 Å². The lowest BCUT2D eigenvalue weighted by Gasteiger charge is -2.31. The van der Waals surface area contributed by atoms with Crippen LogP contribution in [0.2, 0.25) is 0 Å². The summed E-state index contributed by atoms with van der Waals surface area (Å²) in [7, 11) is 5.70. The minimum atomic E-state index is 0.0132. The van der Waals surface area contributed by atoms with Gasteiger partial charge >= 0.3 is 0 Å². The molecule has 1 amide bonds. The molecule has 27 heavy (non-hydrogen) atoms. The van der Waals surface area contributed by atoms with E-state index in [1.165, 1.54) is 0 Å². The van der Waals surface area contributed by atoms with Gasteiger partial charge in [-0.3, -0.25) is 4.79 Å². The van der Waals surface area contributed by atoms with Crippen molar-refractivity contribution in [2.45, 2.75) is 25.9 Å². The summed E-state index contributed by atoms with van der Waals surface area (Å²) in [5, 5.41) is 0. The van der Waals surface area contributed by atoms with Crippen LogP contribution in [-0.4, -0.2) is 56.1 Å². The maximum absolute atomic E-state index is 13.2. The first-order chi connectivity index (χ1) is 13.0. The Kier molecular flexibility index (Phi) is 6.01. The number of methoxy groups -OCH3 is 1. The highest BCUT2D eigenvalue weighted by atomic mass is 16.5. The summed E-state index contributed by atoms with van der Waals surface area (Å²) in [6, 6.07) is 13.9. The molecule has 0 fully saturated rings. The number of benzene rings is 2. The Morgan fingerprint density at radius 1 is 1.26 bits per heavy atom. The summed E-state index contributed by atoms with van der Waals surface area (Å²) in [4.78, 5) is 17.3. The monoisotopic (exact) mass is 368 g/mol. The van der Waals surface area contributed by atoms with Crippen molar-refractivity contribution in [3.05, 3.63) is 59.2 Å². The second kappa shape index (κ2) is 8.44. The molecule has 0 saturated heterocycles. The van der Waals surface area contributed by atoms with Gasteiger partial charge in [0.2, 0.25) is 5.91 Å². The number of hydrogen-bond acceptors (Lipinski definition) is 4. The summed E-state index contributed by atoms with van der Waals surface area (Å²) >= 11 is 0. The number of nitrogens with zero attached hydrogens (tertiary/aromatic N) is 2. The standard InChI is InChI=1S/C22H28N2O3/c1-16-11-17(9-10-20(16)26-4)12-22(25)24-13-18-7-5-6-8-21(18)27-15-19(24)14-23(2)3/h5-11,19H,12-15H2,1-4H3/t19-/m0/s1. The SMILES string of the molecule is COc1ccc(CC(=O)N2Cc3ccccc3OC[C@@H]2CN(C)C)cc1C. The highest BCUT2D eigenvalue weighted by Crippen LogP contribution is 2.26. The second-order valence-corrected chi connectivity index (χ2v) is 7.34. The molecule has 144 valence electrons. The van der Waals surface area contributed by atoms with E-state index in [-0.39, 0.29) is 11.9 Å². The van der Waals surface area contributed by atoms with Crippen LogP contribution in [0.15, 0.2) is 42.5 Å². The zero-order valence-electron chi connectivity index (χ0n) is 16.6. The third-order valence-electron chi connectivity index (χ3n) is 4.90. The van der Waals surface area contributed by atoms with Gasteiger partial charge in [0.25, 0.3) is 0 Å². The highest BCUT2D eigenvalue weighted by molar-refractivity contribution is 5.79. The largest absolute Gasteiger partial charge is 0.496 e. The number of aryl methyl sites for hydroxylation is 1. The Morgan fingerprint density at radius 2 is 2.04 bits per heavy atom. The van der Waals surface area contributed by atoms with Crippen molar-refractivity contribution < 1.29 is 14.3 Å². The van der Waals surface area contributed by atoms with Crippen molar-refractivity contribution in [1.82, 2.24) is 9.80 Å². The van der Waals surface area contributed by atoms with Crippen LogP contribution in [0, 0.1) is 6.92 Å². The van der Waals surface area contributed by atoms with Gasteiger partial charge in [-0.2, -0.15) is 0 Å². The van der Waals surface area contributed by atoms with Crippen LogP contribution in [0.3, 0.4) is 0 Å². The lowest BCUT2D eigenvalue weighted by molar-refractivity contribution is -0.134. The number of carbonyl (C=O) groups excluding carboxylic acids is 1. The Hall–Kier alpha value is -2.53. The van der Waals surface area contributed by atoms with Crippen LogP contribution >= 0.6 is 0 Å². The highest BCUT2D eigenvalue weighted by Gasteiger charge is 2.29. The van der Waals surface area contributed by atoms with E-state index >= 15 is 0 Å². The summed E-state index contributed by atoms with van der Waals surface area (Å²) in [6.07, 6.45) is 0.372. The smallest absolute Gasteiger partial charge is 0.227 e. The van der Waals surface area contributed by atoms with Gasteiger partial charge in [0.1, 0.15) is 18.1 Å². The molecule has 0 N–H and O–H groups in total. The molecule has 0 radical (unpaired) electrons. The molecular formula is C22H28N2O3. The lowest BCUT2D eigenvalue weighted by Crippen LogP contribution is -2.47. The Bertz CT molecular complexity index is 804. The summed E-state index contributed by atoms with van der Waals surface area (Å²) in [6.45, 7) is 3.84. The summed E-state index contributed by atoms with van der Waals surface area (Å²) < 4.78 is 11.3. The predicted octanol–water partition coefficient (Wildman–Crippen LogP) is 2.90. The summed E-state index contributed by atoms with van der Waals surface area (Å²) in [5.74, 6) is 1.83. The van der Waals surface area contributed by atoms with Gasteiger partial charge in [-0.25, -0.2) is 0 Å². The van der Waals surface area contributed by atoms with E-state index < -0.39 is 0 Å². The molecule has 0 bridgehead atoms. The molecule has 1 aliphatic rings. The van der Waals surface area contributed by atoms with Crippen LogP contribution in [0.25, 0.3) is 0 Å². The van der Waals surface area contributed by atoms with Crippen molar-refractivity contribution in [2.24, 2.45) is 0 Å². The molecule has 1 aliphatic heterocycles. The number of carbonyl (C=O) groups is 1. The molecule has 0 aliphatic carbocycles. The van der Waals surface area contributed by atoms with Crippen molar-refractivity contribution in [1.29, 1.82) is 0 Å².